The van der Waals surface area contributed by atoms with Crippen LogP contribution < -0.4 is 9.47 Å². The standard InChI is InChI=1S/C14H12F3NO4/c1-2-4-9-5-3-6-11(22-14(15,16)17)12(9)21-13(19)10-7-18-20-8-10/h3,5-8H,2,4H2,1H3. The van der Waals surface area contributed by atoms with Gasteiger partial charge in [0.05, 0.1) is 6.20 Å². The van der Waals surface area contributed by atoms with Gasteiger partial charge in [-0.05, 0) is 18.1 Å². The lowest BCUT2D eigenvalue weighted by Gasteiger charge is -2.15. The lowest BCUT2D eigenvalue weighted by atomic mass is 10.1. The van der Waals surface area contributed by atoms with Crippen molar-refractivity contribution < 1.29 is 32.0 Å². The van der Waals surface area contributed by atoms with Crippen molar-refractivity contribution in [2.45, 2.75) is 26.1 Å². The van der Waals surface area contributed by atoms with Crippen LogP contribution in [0.3, 0.4) is 0 Å². The Morgan fingerprint density at radius 1 is 1.36 bits per heavy atom. The van der Waals surface area contributed by atoms with Crippen molar-refractivity contribution in [2.75, 3.05) is 0 Å². The van der Waals surface area contributed by atoms with Crippen LogP contribution in [0.15, 0.2) is 35.2 Å². The quantitative estimate of drug-likeness (QED) is 0.621. The number of ether oxygens (including phenoxy) is 2. The van der Waals surface area contributed by atoms with Gasteiger partial charge in [-0.25, -0.2) is 4.79 Å². The van der Waals surface area contributed by atoms with E-state index in [9.17, 15) is 18.0 Å². The maximum absolute atomic E-state index is 12.5. The van der Waals surface area contributed by atoms with Crippen LogP contribution in [-0.4, -0.2) is 17.5 Å². The summed E-state index contributed by atoms with van der Waals surface area (Å²) in [6.07, 6.45) is -1.65. The van der Waals surface area contributed by atoms with Crippen LogP contribution >= 0.6 is 0 Å². The van der Waals surface area contributed by atoms with Crippen LogP contribution in [0.2, 0.25) is 0 Å². The first-order chi connectivity index (χ1) is 10.4. The van der Waals surface area contributed by atoms with Crippen molar-refractivity contribution in [3.05, 3.63) is 41.8 Å². The number of rotatable bonds is 5. The predicted octanol–water partition coefficient (Wildman–Crippen LogP) is 3.74. The van der Waals surface area contributed by atoms with Gasteiger partial charge in [0.15, 0.2) is 11.5 Å². The van der Waals surface area contributed by atoms with Gasteiger partial charge < -0.3 is 14.0 Å². The third kappa shape index (κ3) is 4.00. The molecule has 0 aliphatic heterocycles. The molecule has 0 fully saturated rings. The fourth-order valence-electron chi connectivity index (χ4n) is 1.81. The molecule has 118 valence electrons. The third-order valence-corrected chi connectivity index (χ3v) is 2.67. The molecule has 0 aliphatic rings. The number of hydrogen-bond acceptors (Lipinski definition) is 5. The minimum absolute atomic E-state index is 0.00994. The molecular weight excluding hydrogens is 303 g/mol. The first kappa shape index (κ1) is 15.9. The SMILES string of the molecule is CCCc1cccc(OC(F)(F)F)c1OC(=O)c1cnoc1. The molecule has 2 rings (SSSR count). The molecule has 1 aromatic carbocycles. The number of alkyl halides is 3. The zero-order valence-corrected chi connectivity index (χ0v) is 11.5. The lowest BCUT2D eigenvalue weighted by Crippen LogP contribution is -2.19. The van der Waals surface area contributed by atoms with Gasteiger partial charge >= 0.3 is 12.3 Å². The van der Waals surface area contributed by atoms with Gasteiger partial charge in [-0.3, -0.25) is 0 Å². The van der Waals surface area contributed by atoms with Crippen molar-refractivity contribution in [1.29, 1.82) is 0 Å². The number of esters is 1. The number of hydrogen-bond donors (Lipinski definition) is 0. The van der Waals surface area contributed by atoms with Crippen molar-refractivity contribution in [3.8, 4) is 11.5 Å². The summed E-state index contributed by atoms with van der Waals surface area (Å²) in [5.41, 5.74) is 0.429. The molecule has 0 amide bonds. The second-order valence-corrected chi connectivity index (χ2v) is 4.34. The number of para-hydroxylation sites is 1. The van der Waals surface area contributed by atoms with Gasteiger partial charge in [-0.1, -0.05) is 30.6 Å². The summed E-state index contributed by atoms with van der Waals surface area (Å²) in [5.74, 6) is -1.70. The molecule has 8 heteroatoms. The van der Waals surface area contributed by atoms with Crippen molar-refractivity contribution in [1.82, 2.24) is 5.16 Å². The van der Waals surface area contributed by atoms with Gasteiger partial charge in [-0.15, -0.1) is 13.2 Å². The summed E-state index contributed by atoms with van der Waals surface area (Å²) >= 11 is 0. The van der Waals surface area contributed by atoms with Crippen molar-refractivity contribution >= 4 is 5.97 Å². The predicted molar refractivity (Wildman–Crippen MR) is 68.6 cm³/mol. The molecule has 0 spiro atoms. The van der Waals surface area contributed by atoms with E-state index in [1.165, 1.54) is 6.07 Å². The Morgan fingerprint density at radius 3 is 2.73 bits per heavy atom. The summed E-state index contributed by atoms with van der Waals surface area (Å²) in [5, 5.41) is 3.34. The van der Waals surface area contributed by atoms with E-state index < -0.39 is 18.1 Å². The Labute approximate surface area is 123 Å². The molecule has 2 aromatic rings. The molecule has 0 atom stereocenters. The average molecular weight is 315 g/mol. The fourth-order valence-corrected chi connectivity index (χ4v) is 1.81. The van der Waals surface area contributed by atoms with Gasteiger partial charge in [-0.2, -0.15) is 0 Å². The first-order valence-corrected chi connectivity index (χ1v) is 6.40. The number of aromatic nitrogens is 1. The van der Waals surface area contributed by atoms with E-state index in [4.69, 9.17) is 4.74 Å². The molecule has 22 heavy (non-hydrogen) atoms. The zero-order chi connectivity index (χ0) is 16.2. The average Bonchev–Trinajstić information content (AvgIpc) is 2.95. The minimum Gasteiger partial charge on any atom is -0.419 e. The van der Waals surface area contributed by atoms with Crippen LogP contribution in [0, 0.1) is 0 Å². The molecule has 0 N–H and O–H groups in total. The summed E-state index contributed by atoms with van der Waals surface area (Å²) in [6.45, 7) is 1.85. The molecule has 0 radical (unpaired) electrons. The third-order valence-electron chi connectivity index (χ3n) is 2.67. The maximum Gasteiger partial charge on any atom is 0.573 e. The van der Waals surface area contributed by atoms with Crippen LogP contribution in [0.5, 0.6) is 11.5 Å². The van der Waals surface area contributed by atoms with E-state index in [-0.39, 0.29) is 11.3 Å². The Hall–Kier alpha value is -2.51. The summed E-state index contributed by atoms with van der Waals surface area (Å²) in [4.78, 5) is 11.9. The number of carbonyl (C=O) groups is 1. The van der Waals surface area contributed by atoms with E-state index in [1.54, 1.807) is 6.07 Å². The maximum atomic E-state index is 12.5. The summed E-state index contributed by atoms with van der Waals surface area (Å²) in [6, 6.07) is 4.06. The zero-order valence-electron chi connectivity index (χ0n) is 11.5. The normalized spacial score (nSPS) is 11.3. The number of aryl methyl sites for hydroxylation is 1. The number of nitrogens with zero attached hydrogens (tertiary/aromatic N) is 1. The monoisotopic (exact) mass is 315 g/mol. The second kappa shape index (κ2) is 6.50. The highest BCUT2D eigenvalue weighted by Crippen LogP contribution is 2.36. The number of halogens is 3. The largest absolute Gasteiger partial charge is 0.573 e. The number of benzene rings is 1. The van der Waals surface area contributed by atoms with E-state index >= 15 is 0 Å². The molecular formula is C14H12F3NO4. The van der Waals surface area contributed by atoms with Gasteiger partial charge in [0.1, 0.15) is 11.8 Å². The van der Waals surface area contributed by atoms with Crippen LogP contribution in [-0.2, 0) is 6.42 Å². The molecule has 0 unspecified atom stereocenters. The molecule has 0 aliphatic carbocycles. The van der Waals surface area contributed by atoms with E-state index in [0.717, 1.165) is 18.5 Å². The van der Waals surface area contributed by atoms with E-state index in [0.29, 0.717) is 18.4 Å². The van der Waals surface area contributed by atoms with Crippen molar-refractivity contribution in [2.24, 2.45) is 0 Å². The Balaban J connectivity index is 2.34. The molecule has 5 nitrogen and oxygen atoms in total. The molecule has 0 saturated heterocycles. The first-order valence-electron chi connectivity index (χ1n) is 6.40. The Morgan fingerprint density at radius 2 is 2.14 bits per heavy atom. The highest BCUT2D eigenvalue weighted by Gasteiger charge is 2.33. The van der Waals surface area contributed by atoms with Gasteiger partial charge in [0, 0.05) is 0 Å². The van der Waals surface area contributed by atoms with Crippen LogP contribution in [0.1, 0.15) is 29.3 Å². The smallest absolute Gasteiger partial charge is 0.419 e. The van der Waals surface area contributed by atoms with Gasteiger partial charge in [0.2, 0.25) is 0 Å². The molecule has 1 aromatic heterocycles. The highest BCUT2D eigenvalue weighted by atomic mass is 19.4. The molecule has 0 bridgehead atoms. The van der Waals surface area contributed by atoms with Crippen LogP contribution in [0.25, 0.3) is 0 Å². The van der Waals surface area contributed by atoms with Crippen molar-refractivity contribution in [3.63, 3.8) is 0 Å². The van der Waals surface area contributed by atoms with E-state index in [1.807, 2.05) is 6.92 Å². The topological polar surface area (TPSA) is 61.6 Å². The highest BCUT2D eigenvalue weighted by molar-refractivity contribution is 5.90. The van der Waals surface area contributed by atoms with Gasteiger partial charge in [0.25, 0.3) is 0 Å². The van der Waals surface area contributed by atoms with Crippen LogP contribution in [0.4, 0.5) is 13.2 Å². The summed E-state index contributed by atoms with van der Waals surface area (Å²) < 4.78 is 50.9. The molecule has 0 saturated carbocycles. The summed E-state index contributed by atoms with van der Waals surface area (Å²) in [7, 11) is 0. The molecule has 1 heterocycles. The Kier molecular flexibility index (Phi) is 4.69. The minimum atomic E-state index is -4.89. The fraction of sp³-hybridized carbons (Fsp3) is 0.286. The van der Waals surface area contributed by atoms with E-state index in [2.05, 4.69) is 14.4 Å². The second-order valence-electron chi connectivity index (χ2n) is 4.34. The number of carbonyl (C=O) groups excluding carboxylic acids is 1. The lowest BCUT2D eigenvalue weighted by molar-refractivity contribution is -0.275. The Bertz CT molecular complexity index is 638.